The monoisotopic (exact) mass is 235 g/mol. The van der Waals surface area contributed by atoms with Gasteiger partial charge in [0.1, 0.15) is 6.10 Å². The first-order valence-corrected chi connectivity index (χ1v) is 6.24. The molecule has 0 amide bonds. The molecule has 0 aromatic heterocycles. The standard InChI is InChI=1S/C14H21NO2/c1-11(2)15-7-12-4-3-5-13(6-12)8-17-14-9-16-10-14/h3-6,11,14-15H,7-10H2,1-2H3. The average Bonchev–Trinajstić information content (AvgIpc) is 2.25. The highest BCUT2D eigenvalue weighted by molar-refractivity contribution is 5.22. The first kappa shape index (κ1) is 12.6. The van der Waals surface area contributed by atoms with E-state index in [1.807, 2.05) is 0 Å². The summed E-state index contributed by atoms with van der Waals surface area (Å²) in [6, 6.07) is 9.06. The summed E-state index contributed by atoms with van der Waals surface area (Å²) in [5, 5.41) is 3.42. The topological polar surface area (TPSA) is 30.5 Å². The first-order chi connectivity index (χ1) is 8.24. The lowest BCUT2D eigenvalue weighted by atomic mass is 10.1. The predicted octanol–water partition coefficient (Wildman–Crippen LogP) is 2.10. The van der Waals surface area contributed by atoms with Gasteiger partial charge in [-0.3, -0.25) is 0 Å². The molecule has 0 radical (unpaired) electrons. The summed E-state index contributed by atoms with van der Waals surface area (Å²) < 4.78 is 10.8. The fourth-order valence-corrected chi connectivity index (χ4v) is 1.68. The third-order valence-corrected chi connectivity index (χ3v) is 2.80. The Balaban J connectivity index is 1.82. The van der Waals surface area contributed by atoms with E-state index in [0.717, 1.165) is 19.8 Å². The van der Waals surface area contributed by atoms with E-state index in [1.54, 1.807) is 0 Å². The molecule has 17 heavy (non-hydrogen) atoms. The average molecular weight is 235 g/mol. The Kier molecular flexibility index (Phi) is 4.54. The molecule has 1 saturated heterocycles. The molecule has 2 rings (SSSR count). The van der Waals surface area contributed by atoms with Crippen molar-refractivity contribution >= 4 is 0 Å². The second-order valence-corrected chi connectivity index (χ2v) is 4.83. The summed E-state index contributed by atoms with van der Waals surface area (Å²) in [5.74, 6) is 0. The molecule has 94 valence electrons. The van der Waals surface area contributed by atoms with Gasteiger partial charge in [0.15, 0.2) is 0 Å². The second-order valence-electron chi connectivity index (χ2n) is 4.83. The molecule has 0 atom stereocenters. The maximum Gasteiger partial charge on any atom is 0.105 e. The van der Waals surface area contributed by atoms with Crippen LogP contribution in [0.4, 0.5) is 0 Å². The van der Waals surface area contributed by atoms with Crippen LogP contribution in [-0.2, 0) is 22.6 Å². The third kappa shape index (κ3) is 4.11. The first-order valence-electron chi connectivity index (χ1n) is 6.24. The van der Waals surface area contributed by atoms with E-state index in [9.17, 15) is 0 Å². The fourth-order valence-electron chi connectivity index (χ4n) is 1.68. The second kappa shape index (κ2) is 6.15. The van der Waals surface area contributed by atoms with Crippen LogP contribution in [0.5, 0.6) is 0 Å². The number of rotatable bonds is 6. The summed E-state index contributed by atoms with van der Waals surface area (Å²) in [6.45, 7) is 7.40. The van der Waals surface area contributed by atoms with E-state index < -0.39 is 0 Å². The summed E-state index contributed by atoms with van der Waals surface area (Å²) in [4.78, 5) is 0. The highest BCUT2D eigenvalue weighted by Gasteiger charge is 2.18. The van der Waals surface area contributed by atoms with Gasteiger partial charge in [-0.05, 0) is 11.1 Å². The molecular formula is C14H21NO2. The molecule has 0 aliphatic carbocycles. The van der Waals surface area contributed by atoms with Crippen molar-refractivity contribution in [1.82, 2.24) is 5.32 Å². The zero-order chi connectivity index (χ0) is 12.1. The van der Waals surface area contributed by atoms with E-state index in [4.69, 9.17) is 9.47 Å². The molecule has 1 fully saturated rings. The summed E-state index contributed by atoms with van der Waals surface area (Å²) in [5.41, 5.74) is 2.55. The van der Waals surface area contributed by atoms with Crippen LogP contribution < -0.4 is 5.32 Å². The Labute approximate surface area is 103 Å². The van der Waals surface area contributed by atoms with Gasteiger partial charge in [-0.2, -0.15) is 0 Å². The lowest BCUT2D eigenvalue weighted by Gasteiger charge is -2.26. The largest absolute Gasteiger partial charge is 0.376 e. The van der Waals surface area contributed by atoms with Crippen LogP contribution in [0.2, 0.25) is 0 Å². The van der Waals surface area contributed by atoms with Crippen LogP contribution in [0.15, 0.2) is 24.3 Å². The van der Waals surface area contributed by atoms with Crippen LogP contribution >= 0.6 is 0 Å². The molecule has 3 heteroatoms. The van der Waals surface area contributed by atoms with E-state index in [0.29, 0.717) is 18.8 Å². The Bertz CT molecular complexity index is 348. The Morgan fingerprint density at radius 2 is 2.12 bits per heavy atom. The number of nitrogens with one attached hydrogen (secondary N) is 1. The number of benzene rings is 1. The van der Waals surface area contributed by atoms with Crippen molar-refractivity contribution in [1.29, 1.82) is 0 Å². The molecule has 1 aliphatic heterocycles. The van der Waals surface area contributed by atoms with Gasteiger partial charge in [-0.15, -0.1) is 0 Å². The fraction of sp³-hybridized carbons (Fsp3) is 0.571. The smallest absolute Gasteiger partial charge is 0.105 e. The van der Waals surface area contributed by atoms with Gasteiger partial charge in [0, 0.05) is 12.6 Å². The Morgan fingerprint density at radius 3 is 2.76 bits per heavy atom. The number of hydrogen-bond acceptors (Lipinski definition) is 3. The molecule has 1 N–H and O–H groups in total. The Morgan fingerprint density at radius 1 is 1.35 bits per heavy atom. The third-order valence-electron chi connectivity index (χ3n) is 2.80. The van der Waals surface area contributed by atoms with Crippen LogP contribution in [0.1, 0.15) is 25.0 Å². The molecule has 1 heterocycles. The molecule has 0 spiro atoms. The molecule has 0 bridgehead atoms. The number of ether oxygens (including phenoxy) is 2. The molecule has 0 saturated carbocycles. The van der Waals surface area contributed by atoms with E-state index in [1.165, 1.54) is 11.1 Å². The summed E-state index contributed by atoms with van der Waals surface area (Å²) in [7, 11) is 0. The van der Waals surface area contributed by atoms with Crippen LogP contribution in [0, 0.1) is 0 Å². The van der Waals surface area contributed by atoms with Crippen molar-refractivity contribution in [2.24, 2.45) is 0 Å². The van der Waals surface area contributed by atoms with Gasteiger partial charge in [-0.25, -0.2) is 0 Å². The molecule has 3 nitrogen and oxygen atoms in total. The van der Waals surface area contributed by atoms with Gasteiger partial charge >= 0.3 is 0 Å². The van der Waals surface area contributed by atoms with Gasteiger partial charge in [0.2, 0.25) is 0 Å². The van der Waals surface area contributed by atoms with E-state index in [-0.39, 0.29) is 0 Å². The van der Waals surface area contributed by atoms with Crippen molar-refractivity contribution in [3.63, 3.8) is 0 Å². The lowest BCUT2D eigenvalue weighted by Crippen LogP contribution is -2.35. The molecular weight excluding hydrogens is 214 g/mol. The quantitative estimate of drug-likeness (QED) is 0.819. The van der Waals surface area contributed by atoms with Gasteiger partial charge in [0.05, 0.1) is 19.8 Å². The van der Waals surface area contributed by atoms with Crippen LogP contribution in [0.25, 0.3) is 0 Å². The van der Waals surface area contributed by atoms with Crippen molar-refractivity contribution in [2.75, 3.05) is 13.2 Å². The van der Waals surface area contributed by atoms with Crippen molar-refractivity contribution < 1.29 is 9.47 Å². The van der Waals surface area contributed by atoms with E-state index >= 15 is 0 Å². The lowest BCUT2D eigenvalue weighted by molar-refractivity contribution is -0.135. The number of hydrogen-bond donors (Lipinski definition) is 1. The van der Waals surface area contributed by atoms with Gasteiger partial charge < -0.3 is 14.8 Å². The molecule has 0 unspecified atom stereocenters. The molecule has 1 aromatic carbocycles. The zero-order valence-electron chi connectivity index (χ0n) is 10.6. The van der Waals surface area contributed by atoms with Crippen molar-refractivity contribution in [3.05, 3.63) is 35.4 Å². The minimum atomic E-state index is 0.299. The van der Waals surface area contributed by atoms with Gasteiger partial charge in [0.25, 0.3) is 0 Å². The highest BCUT2D eigenvalue weighted by Crippen LogP contribution is 2.11. The van der Waals surface area contributed by atoms with Crippen molar-refractivity contribution in [2.45, 2.75) is 39.1 Å². The maximum absolute atomic E-state index is 5.70. The minimum Gasteiger partial charge on any atom is -0.376 e. The Hall–Kier alpha value is -0.900. The predicted molar refractivity (Wildman–Crippen MR) is 67.8 cm³/mol. The van der Waals surface area contributed by atoms with Gasteiger partial charge in [-0.1, -0.05) is 38.1 Å². The SMILES string of the molecule is CC(C)NCc1cccc(COC2COC2)c1. The van der Waals surface area contributed by atoms with Crippen molar-refractivity contribution in [3.8, 4) is 0 Å². The minimum absolute atomic E-state index is 0.299. The zero-order valence-corrected chi connectivity index (χ0v) is 10.6. The highest BCUT2D eigenvalue weighted by atomic mass is 16.6. The van der Waals surface area contributed by atoms with E-state index in [2.05, 4.69) is 43.4 Å². The van der Waals surface area contributed by atoms with Crippen LogP contribution in [-0.4, -0.2) is 25.4 Å². The summed E-state index contributed by atoms with van der Waals surface area (Å²) >= 11 is 0. The summed E-state index contributed by atoms with van der Waals surface area (Å²) in [6.07, 6.45) is 0.299. The van der Waals surface area contributed by atoms with Crippen LogP contribution in [0.3, 0.4) is 0 Å². The maximum atomic E-state index is 5.70. The molecule has 1 aromatic rings. The molecule has 1 aliphatic rings. The normalized spacial score (nSPS) is 16.2.